The average molecular weight is 394 g/mol. The van der Waals surface area contributed by atoms with E-state index in [9.17, 15) is 14.9 Å². The second-order valence-corrected chi connectivity index (χ2v) is 7.32. The first kappa shape index (κ1) is 19.3. The molecule has 0 spiro atoms. The third kappa shape index (κ3) is 3.80. The van der Waals surface area contributed by atoms with E-state index in [1.807, 2.05) is 44.2 Å². The number of anilines is 1. The first-order valence-corrected chi connectivity index (χ1v) is 9.30. The topological polar surface area (TPSA) is 97.0 Å². The van der Waals surface area contributed by atoms with Crippen LogP contribution in [0.2, 0.25) is 0 Å². The van der Waals surface area contributed by atoms with Crippen LogP contribution < -0.4 is 5.32 Å². The lowest BCUT2D eigenvalue weighted by Gasteiger charge is -2.13. The van der Waals surface area contributed by atoms with Gasteiger partial charge in [0.25, 0.3) is 5.91 Å². The van der Waals surface area contributed by atoms with E-state index in [0.29, 0.717) is 16.3 Å². The van der Waals surface area contributed by atoms with E-state index in [4.69, 9.17) is 4.74 Å². The molecule has 1 aromatic carbocycles. The number of esters is 1. The van der Waals surface area contributed by atoms with Crippen molar-refractivity contribution in [2.24, 2.45) is 0 Å². The van der Waals surface area contributed by atoms with Crippen LogP contribution in [-0.2, 0) is 9.53 Å². The standard InChI is InChI=1S/C20H18N4O3S/c1-12-13(2)24(15-7-5-4-6-8-15)19(16(12)9-21)23-18(25)11-27-20(26)17-10-22-14(3)28-17/h4-8,10H,11H2,1-3H3,(H,23,25). The summed E-state index contributed by atoms with van der Waals surface area (Å²) in [6, 6.07) is 11.6. The van der Waals surface area contributed by atoms with Crippen LogP contribution in [0, 0.1) is 32.1 Å². The molecule has 0 saturated heterocycles. The van der Waals surface area contributed by atoms with Gasteiger partial charge >= 0.3 is 5.97 Å². The van der Waals surface area contributed by atoms with Crippen LogP contribution in [0.5, 0.6) is 0 Å². The van der Waals surface area contributed by atoms with Gasteiger partial charge in [0.2, 0.25) is 0 Å². The van der Waals surface area contributed by atoms with E-state index in [1.165, 1.54) is 17.5 Å². The maximum Gasteiger partial charge on any atom is 0.350 e. The molecule has 1 N–H and O–H groups in total. The molecular formula is C20H18N4O3S. The van der Waals surface area contributed by atoms with Crippen LogP contribution in [0.3, 0.4) is 0 Å². The fourth-order valence-electron chi connectivity index (χ4n) is 2.79. The summed E-state index contributed by atoms with van der Waals surface area (Å²) < 4.78 is 6.86. The van der Waals surface area contributed by atoms with Crippen molar-refractivity contribution in [3.05, 3.63) is 63.2 Å². The summed E-state index contributed by atoms with van der Waals surface area (Å²) in [7, 11) is 0. The van der Waals surface area contributed by atoms with Crippen molar-refractivity contribution in [1.29, 1.82) is 5.26 Å². The maximum atomic E-state index is 12.4. The molecule has 8 heteroatoms. The number of benzene rings is 1. The quantitative estimate of drug-likeness (QED) is 0.668. The van der Waals surface area contributed by atoms with E-state index in [0.717, 1.165) is 22.0 Å². The van der Waals surface area contributed by atoms with Crippen molar-refractivity contribution in [1.82, 2.24) is 9.55 Å². The highest BCUT2D eigenvalue weighted by atomic mass is 32.1. The van der Waals surface area contributed by atoms with Gasteiger partial charge in [-0.15, -0.1) is 11.3 Å². The van der Waals surface area contributed by atoms with Crippen molar-refractivity contribution in [2.45, 2.75) is 20.8 Å². The van der Waals surface area contributed by atoms with Gasteiger partial charge in [0.15, 0.2) is 6.61 Å². The smallest absolute Gasteiger partial charge is 0.350 e. The molecule has 3 aromatic rings. The van der Waals surface area contributed by atoms with Crippen LogP contribution in [0.1, 0.15) is 31.5 Å². The number of nitrogens with zero attached hydrogens (tertiary/aromatic N) is 3. The van der Waals surface area contributed by atoms with Crippen molar-refractivity contribution in [3.8, 4) is 11.8 Å². The number of nitrogens with one attached hydrogen (secondary N) is 1. The summed E-state index contributed by atoms with van der Waals surface area (Å²) in [5, 5.41) is 13.0. The van der Waals surface area contributed by atoms with Crippen LogP contribution >= 0.6 is 11.3 Å². The number of carbonyl (C=O) groups excluding carboxylic acids is 2. The number of ether oxygens (including phenoxy) is 1. The van der Waals surface area contributed by atoms with Gasteiger partial charge < -0.3 is 10.1 Å². The first-order chi connectivity index (χ1) is 13.4. The van der Waals surface area contributed by atoms with Gasteiger partial charge in [0, 0.05) is 11.4 Å². The predicted molar refractivity (Wildman–Crippen MR) is 106 cm³/mol. The van der Waals surface area contributed by atoms with Crippen LogP contribution in [0.15, 0.2) is 36.5 Å². The SMILES string of the molecule is Cc1ncc(C(=O)OCC(=O)Nc2c(C#N)c(C)c(C)n2-c2ccccc2)s1. The molecule has 0 aliphatic rings. The third-order valence-electron chi connectivity index (χ3n) is 4.25. The summed E-state index contributed by atoms with van der Waals surface area (Å²) in [6.07, 6.45) is 1.42. The Morgan fingerprint density at radius 1 is 1.25 bits per heavy atom. The number of hydrogen-bond acceptors (Lipinski definition) is 6. The van der Waals surface area contributed by atoms with Gasteiger partial charge in [-0.1, -0.05) is 18.2 Å². The molecule has 0 radical (unpaired) electrons. The number of nitriles is 1. The van der Waals surface area contributed by atoms with Gasteiger partial charge in [-0.3, -0.25) is 9.36 Å². The minimum atomic E-state index is -0.605. The van der Waals surface area contributed by atoms with Gasteiger partial charge in [-0.2, -0.15) is 5.26 Å². The highest BCUT2D eigenvalue weighted by molar-refractivity contribution is 7.13. The molecule has 7 nitrogen and oxygen atoms in total. The van der Waals surface area contributed by atoms with E-state index in [1.54, 1.807) is 11.5 Å². The highest BCUT2D eigenvalue weighted by Gasteiger charge is 2.21. The maximum absolute atomic E-state index is 12.4. The summed E-state index contributed by atoms with van der Waals surface area (Å²) in [5.41, 5.74) is 2.81. The lowest BCUT2D eigenvalue weighted by Crippen LogP contribution is -2.22. The molecule has 3 rings (SSSR count). The molecule has 142 valence electrons. The van der Waals surface area contributed by atoms with Crippen molar-refractivity contribution < 1.29 is 14.3 Å². The highest BCUT2D eigenvalue weighted by Crippen LogP contribution is 2.29. The predicted octanol–water partition coefficient (Wildman–Crippen LogP) is 3.53. The molecule has 0 atom stereocenters. The van der Waals surface area contributed by atoms with Crippen molar-refractivity contribution >= 4 is 29.0 Å². The second kappa shape index (κ2) is 8.06. The monoisotopic (exact) mass is 394 g/mol. The Morgan fingerprint density at radius 2 is 1.96 bits per heavy atom. The largest absolute Gasteiger partial charge is 0.451 e. The number of aromatic nitrogens is 2. The average Bonchev–Trinajstić information content (AvgIpc) is 3.22. The first-order valence-electron chi connectivity index (χ1n) is 8.49. The number of para-hydroxylation sites is 1. The van der Waals surface area contributed by atoms with Crippen molar-refractivity contribution in [3.63, 3.8) is 0 Å². The van der Waals surface area contributed by atoms with E-state index in [2.05, 4.69) is 16.4 Å². The van der Waals surface area contributed by atoms with Gasteiger partial charge in [-0.25, -0.2) is 9.78 Å². The molecule has 2 heterocycles. The van der Waals surface area contributed by atoms with Crippen LogP contribution in [-0.4, -0.2) is 28.0 Å². The van der Waals surface area contributed by atoms with E-state index < -0.39 is 18.5 Å². The fraction of sp³-hybridized carbons (Fsp3) is 0.200. The molecular weight excluding hydrogens is 376 g/mol. The van der Waals surface area contributed by atoms with Crippen LogP contribution in [0.25, 0.3) is 5.69 Å². The van der Waals surface area contributed by atoms with Gasteiger partial charge in [-0.05, 0) is 38.5 Å². The Balaban J connectivity index is 1.81. The van der Waals surface area contributed by atoms with E-state index >= 15 is 0 Å². The molecule has 0 saturated carbocycles. The number of carbonyl (C=O) groups is 2. The molecule has 0 bridgehead atoms. The zero-order chi connectivity index (χ0) is 20.3. The molecule has 0 unspecified atom stereocenters. The number of rotatable bonds is 5. The Labute approximate surface area is 166 Å². The molecule has 0 aliphatic heterocycles. The fourth-order valence-corrected chi connectivity index (χ4v) is 3.46. The summed E-state index contributed by atoms with van der Waals surface area (Å²) >= 11 is 1.20. The number of hydrogen-bond donors (Lipinski definition) is 1. The minimum absolute atomic E-state index is 0.336. The third-order valence-corrected chi connectivity index (χ3v) is 5.15. The van der Waals surface area contributed by atoms with Gasteiger partial charge in [0.05, 0.1) is 16.8 Å². The molecule has 28 heavy (non-hydrogen) atoms. The summed E-state index contributed by atoms with van der Waals surface area (Å²) in [5.74, 6) is -0.772. The Morgan fingerprint density at radius 3 is 2.57 bits per heavy atom. The number of aryl methyl sites for hydroxylation is 1. The second-order valence-electron chi connectivity index (χ2n) is 6.08. The Bertz CT molecular complexity index is 1080. The van der Waals surface area contributed by atoms with E-state index in [-0.39, 0.29) is 0 Å². The lowest BCUT2D eigenvalue weighted by atomic mass is 10.2. The van der Waals surface area contributed by atoms with Gasteiger partial charge in [0.1, 0.15) is 16.8 Å². The normalized spacial score (nSPS) is 10.4. The zero-order valence-corrected chi connectivity index (χ0v) is 16.5. The molecule has 1 amide bonds. The van der Waals surface area contributed by atoms with Crippen molar-refractivity contribution in [2.75, 3.05) is 11.9 Å². The Hall–Kier alpha value is -3.44. The summed E-state index contributed by atoms with van der Waals surface area (Å²) in [4.78, 5) is 28.7. The molecule has 2 aromatic heterocycles. The lowest BCUT2D eigenvalue weighted by molar-refractivity contribution is -0.119. The molecule has 0 aliphatic carbocycles. The number of thiazole rings is 1. The molecule has 0 fully saturated rings. The van der Waals surface area contributed by atoms with Crippen LogP contribution in [0.4, 0.5) is 5.82 Å². The minimum Gasteiger partial charge on any atom is -0.451 e. The zero-order valence-electron chi connectivity index (χ0n) is 15.6. The Kier molecular flexibility index (Phi) is 5.57. The summed E-state index contributed by atoms with van der Waals surface area (Å²) in [6.45, 7) is 5.03. The number of amides is 1.